The van der Waals surface area contributed by atoms with Gasteiger partial charge in [0.1, 0.15) is 5.82 Å². The van der Waals surface area contributed by atoms with Crippen LogP contribution in [-0.4, -0.2) is 33.3 Å². The van der Waals surface area contributed by atoms with Crippen molar-refractivity contribution >= 4 is 40.8 Å². The Morgan fingerprint density at radius 1 is 1.56 bits per heavy atom. The second-order valence-corrected chi connectivity index (χ2v) is 4.97. The number of fused-ring (bicyclic) bond motifs is 1. The third-order valence-electron chi connectivity index (χ3n) is 2.25. The van der Waals surface area contributed by atoms with Gasteiger partial charge in [0.05, 0.1) is 23.0 Å². The van der Waals surface area contributed by atoms with Crippen molar-refractivity contribution in [2.75, 3.05) is 12.4 Å². The minimum Gasteiger partial charge on any atom is -0.465 e. The summed E-state index contributed by atoms with van der Waals surface area (Å²) in [4.78, 5) is 32.4. The zero-order valence-electron chi connectivity index (χ0n) is 9.61. The molecule has 0 unspecified atom stereocenters. The Morgan fingerprint density at radius 2 is 2.33 bits per heavy atom. The van der Waals surface area contributed by atoms with E-state index in [9.17, 15) is 9.59 Å². The molecule has 1 aliphatic heterocycles. The number of H-pyrrole nitrogens is 2. The zero-order valence-corrected chi connectivity index (χ0v) is 11.2. The maximum atomic E-state index is 11.6. The van der Waals surface area contributed by atoms with Gasteiger partial charge in [0.25, 0.3) is 5.56 Å². The van der Waals surface area contributed by atoms with Crippen LogP contribution in [0.5, 0.6) is 0 Å². The third-order valence-corrected chi connectivity index (χ3v) is 3.40. The normalized spacial score (nSPS) is 13.1. The molecule has 0 saturated carbocycles. The predicted molar refractivity (Wildman–Crippen MR) is 72.1 cm³/mol. The molecule has 0 atom stereocenters. The molecule has 0 radical (unpaired) electrons. The highest BCUT2D eigenvalue weighted by atomic mass is 32.2. The standard InChI is InChI=1S/C10H11N3O3S2/c1-2-16-7(14)4-18-6-3-5-8(11-6)12-10(17)13-9(5)15/h2-4H2,1H3,(H2,12,13,15,17). The fourth-order valence-electron chi connectivity index (χ4n) is 1.50. The molecule has 2 rings (SSSR count). The van der Waals surface area contributed by atoms with E-state index in [1.54, 1.807) is 6.92 Å². The molecule has 96 valence electrons. The second kappa shape index (κ2) is 5.49. The average molecular weight is 285 g/mol. The van der Waals surface area contributed by atoms with Crippen molar-refractivity contribution in [3.63, 3.8) is 0 Å². The van der Waals surface area contributed by atoms with E-state index in [2.05, 4.69) is 15.0 Å². The first-order valence-corrected chi connectivity index (χ1v) is 6.71. The van der Waals surface area contributed by atoms with E-state index in [4.69, 9.17) is 17.0 Å². The lowest BCUT2D eigenvalue weighted by molar-refractivity contribution is -0.139. The average Bonchev–Trinajstić information content (AvgIpc) is 2.70. The van der Waals surface area contributed by atoms with Gasteiger partial charge >= 0.3 is 5.97 Å². The van der Waals surface area contributed by atoms with Crippen molar-refractivity contribution in [3.8, 4) is 0 Å². The van der Waals surface area contributed by atoms with Crippen LogP contribution in [0.25, 0.3) is 0 Å². The predicted octanol–water partition coefficient (Wildman–Crippen LogP) is 1.31. The highest BCUT2D eigenvalue weighted by Crippen LogP contribution is 2.25. The van der Waals surface area contributed by atoms with Crippen LogP contribution in [0.2, 0.25) is 0 Å². The molecule has 2 heterocycles. The smallest absolute Gasteiger partial charge is 0.316 e. The molecule has 1 aromatic rings. The van der Waals surface area contributed by atoms with Crippen LogP contribution in [0.1, 0.15) is 12.5 Å². The van der Waals surface area contributed by atoms with Crippen molar-refractivity contribution in [2.45, 2.75) is 13.3 Å². The first-order valence-electron chi connectivity index (χ1n) is 5.31. The van der Waals surface area contributed by atoms with Gasteiger partial charge in [-0.1, -0.05) is 11.8 Å². The van der Waals surface area contributed by atoms with Crippen LogP contribution in [0, 0.1) is 4.77 Å². The van der Waals surface area contributed by atoms with Crippen molar-refractivity contribution in [3.05, 3.63) is 20.7 Å². The van der Waals surface area contributed by atoms with E-state index in [1.165, 1.54) is 11.8 Å². The summed E-state index contributed by atoms with van der Waals surface area (Å²) in [6, 6.07) is 0. The zero-order chi connectivity index (χ0) is 13.1. The molecule has 2 N–H and O–H groups in total. The monoisotopic (exact) mass is 285 g/mol. The Morgan fingerprint density at radius 3 is 3.06 bits per heavy atom. The van der Waals surface area contributed by atoms with Crippen LogP contribution < -0.4 is 5.56 Å². The molecular formula is C10H11N3O3S2. The van der Waals surface area contributed by atoms with E-state index in [0.717, 1.165) is 0 Å². The van der Waals surface area contributed by atoms with E-state index in [0.29, 0.717) is 29.5 Å². The molecule has 0 saturated heterocycles. The van der Waals surface area contributed by atoms with Gasteiger partial charge in [-0.2, -0.15) is 0 Å². The Hall–Kier alpha value is -1.41. The Labute approximate surface area is 112 Å². The van der Waals surface area contributed by atoms with Crippen molar-refractivity contribution in [2.24, 2.45) is 4.99 Å². The number of hydrogen-bond acceptors (Lipinski definition) is 6. The lowest BCUT2D eigenvalue weighted by atomic mass is 10.3. The van der Waals surface area contributed by atoms with E-state index >= 15 is 0 Å². The molecular weight excluding hydrogens is 274 g/mol. The summed E-state index contributed by atoms with van der Waals surface area (Å²) in [5.74, 6) is 0.386. The van der Waals surface area contributed by atoms with Crippen LogP contribution in [0.3, 0.4) is 0 Å². The molecule has 0 bridgehead atoms. The molecule has 0 fully saturated rings. The second-order valence-electron chi connectivity index (χ2n) is 3.51. The minimum absolute atomic E-state index is 0.194. The third kappa shape index (κ3) is 2.88. The maximum absolute atomic E-state index is 11.6. The molecule has 0 amide bonds. The fourth-order valence-corrected chi connectivity index (χ4v) is 2.46. The molecule has 6 nitrogen and oxygen atoms in total. The van der Waals surface area contributed by atoms with Gasteiger partial charge < -0.3 is 9.72 Å². The number of nitrogens with zero attached hydrogens (tertiary/aromatic N) is 1. The van der Waals surface area contributed by atoms with Gasteiger partial charge in [-0.15, -0.1) is 0 Å². The van der Waals surface area contributed by atoms with E-state index in [-0.39, 0.29) is 22.1 Å². The number of hydrogen-bond donors (Lipinski definition) is 2. The summed E-state index contributed by atoms with van der Waals surface area (Å²) >= 11 is 6.13. The van der Waals surface area contributed by atoms with Gasteiger partial charge in [0.2, 0.25) is 0 Å². The molecule has 1 aromatic heterocycles. The quantitative estimate of drug-likeness (QED) is 0.646. The largest absolute Gasteiger partial charge is 0.465 e. The number of nitrogens with one attached hydrogen (secondary N) is 2. The Balaban J connectivity index is 2.06. The topological polar surface area (TPSA) is 87.3 Å². The lowest BCUT2D eigenvalue weighted by Gasteiger charge is -2.00. The first-order chi connectivity index (χ1) is 8.60. The molecule has 0 aromatic carbocycles. The lowest BCUT2D eigenvalue weighted by Crippen LogP contribution is -2.14. The fraction of sp³-hybridized carbons (Fsp3) is 0.400. The summed E-state index contributed by atoms with van der Waals surface area (Å²) < 4.78 is 5.06. The summed E-state index contributed by atoms with van der Waals surface area (Å²) in [5.41, 5.74) is 0.319. The molecule has 8 heteroatoms. The maximum Gasteiger partial charge on any atom is 0.316 e. The van der Waals surface area contributed by atoms with E-state index in [1.807, 2.05) is 0 Å². The van der Waals surface area contributed by atoms with Gasteiger partial charge in [-0.25, -0.2) is 4.99 Å². The van der Waals surface area contributed by atoms with Gasteiger partial charge in [-0.05, 0) is 19.1 Å². The number of thioether (sulfide) groups is 1. The van der Waals surface area contributed by atoms with Gasteiger partial charge in [0.15, 0.2) is 4.77 Å². The van der Waals surface area contributed by atoms with Crippen LogP contribution in [0.15, 0.2) is 9.79 Å². The summed E-state index contributed by atoms with van der Waals surface area (Å²) in [7, 11) is 0. The number of carbonyl (C=O) groups is 1. The highest BCUT2D eigenvalue weighted by Gasteiger charge is 2.19. The van der Waals surface area contributed by atoms with Gasteiger partial charge in [-0.3, -0.25) is 14.6 Å². The summed E-state index contributed by atoms with van der Waals surface area (Å²) in [6.45, 7) is 2.12. The number of carbonyl (C=O) groups excluding carboxylic acids is 1. The number of ether oxygens (including phenoxy) is 1. The summed E-state index contributed by atoms with van der Waals surface area (Å²) in [6.07, 6.45) is 0.418. The van der Waals surface area contributed by atoms with Crippen LogP contribution in [0.4, 0.5) is 5.82 Å². The van der Waals surface area contributed by atoms with Crippen molar-refractivity contribution in [1.82, 2.24) is 9.97 Å². The minimum atomic E-state index is -0.289. The SMILES string of the molecule is CCOC(=O)CSC1=Nc2[nH]c(=S)[nH]c(=O)c2C1. The molecule has 0 spiro atoms. The first kappa shape index (κ1) is 13.0. The number of aromatic amines is 2. The molecule has 1 aliphatic rings. The molecule has 18 heavy (non-hydrogen) atoms. The summed E-state index contributed by atoms with van der Waals surface area (Å²) in [5, 5.41) is 0.709. The van der Waals surface area contributed by atoms with Crippen molar-refractivity contribution < 1.29 is 9.53 Å². The number of aliphatic imine (C=N–C) groups is 1. The Bertz CT molecular complexity index is 618. The number of esters is 1. The number of aromatic nitrogens is 2. The van der Waals surface area contributed by atoms with E-state index < -0.39 is 0 Å². The number of rotatable bonds is 3. The van der Waals surface area contributed by atoms with Crippen LogP contribution in [-0.2, 0) is 16.0 Å². The van der Waals surface area contributed by atoms with Crippen LogP contribution >= 0.6 is 24.0 Å². The van der Waals surface area contributed by atoms with Gasteiger partial charge in [0, 0.05) is 6.42 Å². The van der Waals surface area contributed by atoms with Crippen molar-refractivity contribution in [1.29, 1.82) is 0 Å². The molecule has 0 aliphatic carbocycles. The highest BCUT2D eigenvalue weighted by molar-refractivity contribution is 8.14. The Kier molecular flexibility index (Phi) is 3.97.